The van der Waals surface area contributed by atoms with E-state index in [0.717, 1.165) is 12.2 Å². The maximum atomic E-state index is 12.5. The predicted octanol–water partition coefficient (Wildman–Crippen LogP) is -0.390. The molecule has 0 aliphatic carbocycles. The van der Waals surface area contributed by atoms with Crippen molar-refractivity contribution in [2.45, 2.75) is 32.9 Å². The Bertz CT molecular complexity index is 866. The Balaban J connectivity index is 2.45. The average molecular weight is 463 g/mol. The highest BCUT2D eigenvalue weighted by atomic mass is 16.5. The van der Waals surface area contributed by atoms with Gasteiger partial charge in [-0.1, -0.05) is 26.0 Å². The van der Waals surface area contributed by atoms with Crippen molar-refractivity contribution in [2.75, 3.05) is 25.5 Å². The molecule has 1 rings (SSSR count). The topological polar surface area (TPSA) is 163 Å². The first-order valence-electron chi connectivity index (χ1n) is 10.3. The summed E-state index contributed by atoms with van der Waals surface area (Å²) in [5.74, 6) is -2.92. The number of methoxy groups -OCH3 is 1. The number of esters is 1. The van der Waals surface area contributed by atoms with Crippen LogP contribution in [0.15, 0.2) is 36.4 Å². The number of rotatable bonds is 12. The quantitative estimate of drug-likeness (QED) is 0.209. The van der Waals surface area contributed by atoms with Gasteiger partial charge in [-0.15, -0.1) is 0 Å². The van der Waals surface area contributed by atoms with Gasteiger partial charge in [0, 0.05) is 30.8 Å². The number of hydrogen-bond acceptors (Lipinski definition) is 7. The summed E-state index contributed by atoms with van der Waals surface area (Å²) in [4.78, 5) is 59.2. The molecule has 11 heteroatoms. The molecule has 0 aliphatic rings. The number of carbonyl (C=O) groups excluding carboxylic acids is 5. The Morgan fingerprint density at radius 2 is 1.67 bits per heavy atom. The Kier molecular flexibility index (Phi) is 11.9. The van der Waals surface area contributed by atoms with Crippen LogP contribution < -0.4 is 21.3 Å². The third-order valence-electron chi connectivity index (χ3n) is 4.33. The second-order valence-electron chi connectivity index (χ2n) is 7.31. The third-order valence-corrected chi connectivity index (χ3v) is 4.33. The molecule has 0 aliphatic heterocycles. The van der Waals surface area contributed by atoms with E-state index in [1.165, 1.54) is 7.11 Å². The molecule has 0 aromatic heterocycles. The van der Waals surface area contributed by atoms with Crippen molar-refractivity contribution in [1.29, 1.82) is 0 Å². The maximum absolute atomic E-state index is 12.5. The summed E-state index contributed by atoms with van der Waals surface area (Å²) < 4.78 is 4.36. The largest absolute Gasteiger partial charge is 0.466 e. The number of aliphatic hydroxyl groups is 1. The van der Waals surface area contributed by atoms with Crippen molar-refractivity contribution in [1.82, 2.24) is 16.0 Å². The van der Waals surface area contributed by atoms with Gasteiger partial charge in [0.05, 0.1) is 20.3 Å². The Morgan fingerprint density at radius 3 is 2.24 bits per heavy atom. The highest BCUT2D eigenvalue weighted by Gasteiger charge is 2.24. The van der Waals surface area contributed by atoms with Crippen molar-refractivity contribution >= 4 is 35.3 Å². The van der Waals surface area contributed by atoms with E-state index in [2.05, 4.69) is 26.0 Å². The number of aliphatic hydroxyl groups excluding tert-OH is 1. The predicted molar refractivity (Wildman–Crippen MR) is 120 cm³/mol. The van der Waals surface area contributed by atoms with E-state index in [1.54, 1.807) is 38.1 Å². The third kappa shape index (κ3) is 10.9. The summed E-state index contributed by atoms with van der Waals surface area (Å²) in [6, 6.07) is 5.72. The SMILES string of the molecule is COC(=O)/C=C/C(=O)NCCC(=O)NC(C(=O)NCC(=O)Nc1ccc(CO)cc1)C(C)C. The van der Waals surface area contributed by atoms with E-state index in [-0.39, 0.29) is 32.0 Å². The fourth-order valence-corrected chi connectivity index (χ4v) is 2.53. The zero-order valence-corrected chi connectivity index (χ0v) is 18.8. The molecule has 0 radical (unpaired) electrons. The Labute approximate surface area is 191 Å². The normalized spacial score (nSPS) is 11.5. The lowest BCUT2D eigenvalue weighted by molar-refractivity contribution is -0.135. The van der Waals surface area contributed by atoms with Crippen molar-refractivity contribution < 1.29 is 33.8 Å². The van der Waals surface area contributed by atoms with Gasteiger partial charge in [0.2, 0.25) is 23.6 Å². The fourth-order valence-electron chi connectivity index (χ4n) is 2.53. The monoisotopic (exact) mass is 462 g/mol. The van der Waals surface area contributed by atoms with E-state index < -0.39 is 35.6 Å². The van der Waals surface area contributed by atoms with Gasteiger partial charge in [0.25, 0.3) is 0 Å². The molecule has 0 bridgehead atoms. The number of anilines is 1. The lowest BCUT2D eigenvalue weighted by Gasteiger charge is -2.21. The van der Waals surface area contributed by atoms with Gasteiger partial charge in [0.1, 0.15) is 6.04 Å². The molecule has 11 nitrogen and oxygen atoms in total. The summed E-state index contributed by atoms with van der Waals surface area (Å²) in [6.07, 6.45) is 1.85. The Hall–Kier alpha value is -3.73. The van der Waals surface area contributed by atoms with Crippen LogP contribution in [-0.2, 0) is 35.3 Å². The zero-order valence-electron chi connectivity index (χ0n) is 18.8. The molecule has 33 heavy (non-hydrogen) atoms. The van der Waals surface area contributed by atoms with E-state index in [9.17, 15) is 24.0 Å². The highest BCUT2D eigenvalue weighted by molar-refractivity contribution is 5.96. The second kappa shape index (κ2) is 14.4. The van der Waals surface area contributed by atoms with E-state index >= 15 is 0 Å². The first-order valence-corrected chi connectivity index (χ1v) is 10.3. The smallest absolute Gasteiger partial charge is 0.330 e. The molecule has 0 spiro atoms. The van der Waals surface area contributed by atoms with Crippen LogP contribution in [0, 0.1) is 5.92 Å². The maximum Gasteiger partial charge on any atom is 0.330 e. The molecular formula is C22H30N4O7. The summed E-state index contributed by atoms with van der Waals surface area (Å²) in [7, 11) is 1.18. The lowest BCUT2D eigenvalue weighted by atomic mass is 10.0. The summed E-state index contributed by atoms with van der Waals surface area (Å²) in [5.41, 5.74) is 1.22. The molecule has 0 fully saturated rings. The van der Waals surface area contributed by atoms with Gasteiger partial charge >= 0.3 is 5.97 Å². The van der Waals surface area contributed by atoms with E-state index in [1.807, 2.05) is 0 Å². The number of nitrogens with one attached hydrogen (secondary N) is 4. The van der Waals surface area contributed by atoms with Crippen LogP contribution in [0.3, 0.4) is 0 Å². The molecule has 0 saturated heterocycles. The minimum atomic E-state index is -0.871. The van der Waals surface area contributed by atoms with Crippen LogP contribution in [-0.4, -0.2) is 60.9 Å². The molecular weight excluding hydrogens is 432 g/mol. The van der Waals surface area contributed by atoms with Gasteiger partial charge in [-0.3, -0.25) is 19.2 Å². The number of hydrogen-bond donors (Lipinski definition) is 5. The minimum Gasteiger partial charge on any atom is -0.466 e. The van der Waals surface area contributed by atoms with E-state index in [0.29, 0.717) is 11.3 Å². The minimum absolute atomic E-state index is 0.0000900. The average Bonchev–Trinajstić information content (AvgIpc) is 2.79. The van der Waals surface area contributed by atoms with Gasteiger partial charge < -0.3 is 31.1 Å². The van der Waals surface area contributed by atoms with Crippen LogP contribution in [0.2, 0.25) is 0 Å². The first-order chi connectivity index (χ1) is 15.7. The number of carbonyl (C=O) groups is 5. The molecule has 1 aromatic carbocycles. The molecule has 180 valence electrons. The highest BCUT2D eigenvalue weighted by Crippen LogP contribution is 2.09. The van der Waals surface area contributed by atoms with Gasteiger partial charge in [-0.2, -0.15) is 0 Å². The van der Waals surface area contributed by atoms with Crippen LogP contribution in [0.5, 0.6) is 0 Å². The summed E-state index contributed by atoms with van der Waals surface area (Å²) in [6.45, 7) is 3.09. The van der Waals surface area contributed by atoms with Gasteiger partial charge in [0.15, 0.2) is 0 Å². The summed E-state index contributed by atoms with van der Waals surface area (Å²) in [5, 5.41) is 19.2. The molecule has 4 amide bonds. The standard InChI is InChI=1S/C22H30N4O7/c1-14(2)21(26-18(29)10-11-23-17(28)8-9-20(31)33-3)22(32)24-12-19(30)25-16-6-4-15(13-27)5-7-16/h4-9,14,21,27H,10-13H2,1-3H3,(H,23,28)(H,24,32)(H,25,30)(H,26,29)/b9-8+. The van der Waals surface area contributed by atoms with Crippen LogP contribution in [0.25, 0.3) is 0 Å². The Morgan fingerprint density at radius 1 is 1.00 bits per heavy atom. The van der Waals surface area contributed by atoms with E-state index in [4.69, 9.17) is 5.11 Å². The van der Waals surface area contributed by atoms with Crippen molar-refractivity contribution in [3.8, 4) is 0 Å². The van der Waals surface area contributed by atoms with Crippen LogP contribution in [0.1, 0.15) is 25.8 Å². The number of amides is 4. The van der Waals surface area contributed by atoms with Crippen molar-refractivity contribution in [2.24, 2.45) is 5.92 Å². The zero-order chi connectivity index (χ0) is 24.8. The van der Waals surface area contributed by atoms with Gasteiger partial charge in [-0.25, -0.2) is 4.79 Å². The molecule has 0 saturated carbocycles. The number of ether oxygens (including phenoxy) is 1. The van der Waals surface area contributed by atoms with Crippen LogP contribution >= 0.6 is 0 Å². The van der Waals surface area contributed by atoms with Crippen molar-refractivity contribution in [3.05, 3.63) is 42.0 Å². The second-order valence-corrected chi connectivity index (χ2v) is 7.31. The molecule has 0 heterocycles. The van der Waals surface area contributed by atoms with Crippen molar-refractivity contribution in [3.63, 3.8) is 0 Å². The van der Waals surface area contributed by atoms with Crippen LogP contribution in [0.4, 0.5) is 5.69 Å². The first kappa shape index (κ1) is 27.3. The molecule has 1 unspecified atom stereocenters. The van der Waals surface area contributed by atoms with Gasteiger partial charge in [-0.05, 0) is 23.6 Å². The molecule has 1 aromatic rings. The fraction of sp³-hybridized carbons (Fsp3) is 0.409. The number of benzene rings is 1. The lowest BCUT2D eigenvalue weighted by Crippen LogP contribution is -2.51. The summed E-state index contributed by atoms with van der Waals surface area (Å²) >= 11 is 0. The molecule has 5 N–H and O–H groups in total. The molecule has 1 atom stereocenters.